The molecule has 0 heterocycles. The smallest absolute Gasteiger partial charge is 0.153 e. The molecule has 0 bridgehead atoms. The Kier molecular flexibility index (Phi) is 5.91. The van der Waals surface area contributed by atoms with E-state index in [1.54, 1.807) is 25.1 Å². The molecule has 0 aliphatic rings. The first-order valence-electron chi connectivity index (χ1n) is 5.75. The van der Waals surface area contributed by atoms with Crippen LogP contribution in [-0.2, 0) is 16.4 Å². The first-order chi connectivity index (χ1) is 8.50. The normalized spacial score (nSPS) is 11.5. The highest BCUT2D eigenvalue weighted by Gasteiger charge is 2.10. The van der Waals surface area contributed by atoms with Gasteiger partial charge in [0.2, 0.25) is 0 Å². The van der Waals surface area contributed by atoms with E-state index in [2.05, 4.69) is 5.32 Å². The van der Waals surface area contributed by atoms with E-state index in [4.69, 9.17) is 16.3 Å². The summed E-state index contributed by atoms with van der Waals surface area (Å²) in [6, 6.07) is 5.35. The molecule has 0 fully saturated rings. The van der Waals surface area contributed by atoms with Crippen molar-refractivity contribution in [2.24, 2.45) is 0 Å². The molecule has 4 nitrogen and oxygen atoms in total. The number of benzene rings is 1. The van der Waals surface area contributed by atoms with Crippen LogP contribution in [-0.4, -0.2) is 33.6 Å². The summed E-state index contributed by atoms with van der Waals surface area (Å²) in [7, 11) is -1.18. The summed E-state index contributed by atoms with van der Waals surface area (Å²) >= 11 is 6.07. The van der Waals surface area contributed by atoms with Crippen LogP contribution in [0.1, 0.15) is 12.5 Å². The van der Waals surface area contributed by atoms with Gasteiger partial charge in [-0.1, -0.05) is 24.6 Å². The SMILES string of the molecule is CCS(=O)(=O)CCOc1cccc(Cl)c1CNC. The third-order valence-corrected chi connectivity index (χ3v) is 4.54. The van der Waals surface area contributed by atoms with Gasteiger partial charge in [0.15, 0.2) is 9.84 Å². The monoisotopic (exact) mass is 291 g/mol. The molecular formula is C12H18ClNO3S. The Labute approximate surface area is 113 Å². The average molecular weight is 292 g/mol. The maximum atomic E-state index is 11.3. The highest BCUT2D eigenvalue weighted by Crippen LogP contribution is 2.26. The number of ether oxygens (including phenoxy) is 1. The lowest BCUT2D eigenvalue weighted by molar-refractivity contribution is 0.336. The molecule has 1 aromatic carbocycles. The molecule has 0 radical (unpaired) electrons. The van der Waals surface area contributed by atoms with Gasteiger partial charge in [-0.2, -0.15) is 0 Å². The molecule has 0 saturated carbocycles. The fourth-order valence-corrected chi connectivity index (χ4v) is 2.30. The van der Waals surface area contributed by atoms with Crippen LogP contribution < -0.4 is 10.1 Å². The van der Waals surface area contributed by atoms with Gasteiger partial charge in [0, 0.05) is 22.9 Å². The molecule has 18 heavy (non-hydrogen) atoms. The second-order valence-electron chi connectivity index (χ2n) is 3.83. The fraction of sp³-hybridized carbons (Fsp3) is 0.500. The second-order valence-corrected chi connectivity index (χ2v) is 6.71. The molecule has 0 atom stereocenters. The lowest BCUT2D eigenvalue weighted by Crippen LogP contribution is -2.16. The first-order valence-corrected chi connectivity index (χ1v) is 7.95. The highest BCUT2D eigenvalue weighted by molar-refractivity contribution is 7.91. The number of halogens is 1. The van der Waals surface area contributed by atoms with Gasteiger partial charge in [-0.05, 0) is 19.2 Å². The van der Waals surface area contributed by atoms with Gasteiger partial charge >= 0.3 is 0 Å². The summed E-state index contributed by atoms with van der Waals surface area (Å²) in [6.45, 7) is 2.35. The van der Waals surface area contributed by atoms with Gasteiger partial charge in [-0.3, -0.25) is 0 Å². The van der Waals surface area contributed by atoms with E-state index < -0.39 is 9.84 Å². The van der Waals surface area contributed by atoms with E-state index in [9.17, 15) is 8.42 Å². The third-order valence-electron chi connectivity index (χ3n) is 2.52. The average Bonchev–Trinajstić information content (AvgIpc) is 2.33. The summed E-state index contributed by atoms with van der Waals surface area (Å²) in [5, 5.41) is 3.61. The van der Waals surface area contributed by atoms with Gasteiger partial charge in [0.25, 0.3) is 0 Å². The topological polar surface area (TPSA) is 55.4 Å². The van der Waals surface area contributed by atoms with Crippen molar-refractivity contribution in [2.75, 3.05) is 25.2 Å². The number of hydrogen-bond acceptors (Lipinski definition) is 4. The van der Waals surface area contributed by atoms with Gasteiger partial charge < -0.3 is 10.1 Å². The Morgan fingerprint density at radius 3 is 2.72 bits per heavy atom. The Balaban J connectivity index is 2.70. The molecular weight excluding hydrogens is 274 g/mol. The maximum Gasteiger partial charge on any atom is 0.153 e. The Morgan fingerprint density at radius 2 is 2.11 bits per heavy atom. The van der Waals surface area contributed by atoms with Crippen molar-refractivity contribution in [2.45, 2.75) is 13.5 Å². The molecule has 0 amide bonds. The van der Waals surface area contributed by atoms with E-state index in [0.29, 0.717) is 17.3 Å². The zero-order chi connectivity index (χ0) is 13.6. The Bertz CT molecular complexity index is 488. The largest absolute Gasteiger partial charge is 0.492 e. The quantitative estimate of drug-likeness (QED) is 0.833. The molecule has 0 unspecified atom stereocenters. The summed E-state index contributed by atoms with van der Waals surface area (Å²) < 4.78 is 28.2. The minimum atomic E-state index is -3.00. The predicted molar refractivity (Wildman–Crippen MR) is 74.0 cm³/mol. The first kappa shape index (κ1) is 15.3. The number of hydrogen-bond donors (Lipinski definition) is 1. The van der Waals surface area contributed by atoms with Crippen LogP contribution >= 0.6 is 11.6 Å². The van der Waals surface area contributed by atoms with Crippen molar-refractivity contribution >= 4 is 21.4 Å². The zero-order valence-electron chi connectivity index (χ0n) is 10.6. The molecule has 6 heteroatoms. The Morgan fingerprint density at radius 1 is 1.39 bits per heavy atom. The van der Waals surface area contributed by atoms with E-state index in [0.717, 1.165) is 5.56 Å². The number of sulfone groups is 1. The van der Waals surface area contributed by atoms with Crippen LogP contribution in [0.4, 0.5) is 0 Å². The van der Waals surface area contributed by atoms with Crippen LogP contribution in [0.3, 0.4) is 0 Å². The summed E-state index contributed by atoms with van der Waals surface area (Å²) in [5.41, 5.74) is 0.843. The van der Waals surface area contributed by atoms with Crippen molar-refractivity contribution in [3.63, 3.8) is 0 Å². The van der Waals surface area contributed by atoms with E-state index in [1.165, 1.54) is 0 Å². The summed E-state index contributed by atoms with van der Waals surface area (Å²) in [6.07, 6.45) is 0. The standard InChI is InChI=1S/C12H18ClNO3S/c1-3-18(15,16)8-7-17-12-6-4-5-11(13)10(12)9-14-2/h4-6,14H,3,7-9H2,1-2H3. The summed E-state index contributed by atoms with van der Waals surface area (Å²) in [4.78, 5) is 0. The highest BCUT2D eigenvalue weighted by atomic mass is 35.5. The van der Waals surface area contributed by atoms with Crippen molar-refractivity contribution < 1.29 is 13.2 Å². The molecule has 0 aliphatic carbocycles. The number of rotatable bonds is 7. The molecule has 0 saturated heterocycles. The minimum Gasteiger partial charge on any atom is -0.492 e. The fourth-order valence-electron chi connectivity index (χ4n) is 1.45. The van der Waals surface area contributed by atoms with Crippen LogP contribution in [0, 0.1) is 0 Å². The lowest BCUT2D eigenvalue weighted by atomic mass is 10.2. The van der Waals surface area contributed by atoms with Crippen LogP contribution in [0.2, 0.25) is 5.02 Å². The maximum absolute atomic E-state index is 11.3. The van der Waals surface area contributed by atoms with E-state index >= 15 is 0 Å². The van der Waals surface area contributed by atoms with Gasteiger partial charge in [0.05, 0.1) is 5.75 Å². The van der Waals surface area contributed by atoms with Crippen LogP contribution in [0.5, 0.6) is 5.75 Å². The second kappa shape index (κ2) is 6.97. The van der Waals surface area contributed by atoms with Crippen LogP contribution in [0.15, 0.2) is 18.2 Å². The zero-order valence-corrected chi connectivity index (χ0v) is 12.1. The van der Waals surface area contributed by atoms with E-state index in [1.807, 2.05) is 7.05 Å². The predicted octanol–water partition coefficient (Wildman–Crippen LogP) is 1.87. The van der Waals surface area contributed by atoms with Gasteiger partial charge in [-0.15, -0.1) is 0 Å². The van der Waals surface area contributed by atoms with Crippen LogP contribution in [0.25, 0.3) is 0 Å². The molecule has 102 valence electrons. The Hall–Kier alpha value is -0.780. The van der Waals surface area contributed by atoms with Gasteiger partial charge in [0.1, 0.15) is 12.4 Å². The third kappa shape index (κ3) is 4.48. The van der Waals surface area contributed by atoms with E-state index in [-0.39, 0.29) is 18.1 Å². The summed E-state index contributed by atoms with van der Waals surface area (Å²) in [5.74, 6) is 0.785. The molecule has 0 aromatic heterocycles. The molecule has 0 spiro atoms. The minimum absolute atomic E-state index is 0.0228. The van der Waals surface area contributed by atoms with Gasteiger partial charge in [-0.25, -0.2) is 8.42 Å². The molecule has 1 N–H and O–H groups in total. The molecule has 0 aliphatic heterocycles. The van der Waals surface area contributed by atoms with Crippen molar-refractivity contribution in [3.8, 4) is 5.75 Å². The number of nitrogens with one attached hydrogen (secondary N) is 1. The molecule has 1 rings (SSSR count). The van der Waals surface area contributed by atoms with Crippen molar-refractivity contribution in [1.82, 2.24) is 5.32 Å². The van der Waals surface area contributed by atoms with Crippen molar-refractivity contribution in [3.05, 3.63) is 28.8 Å². The molecule has 1 aromatic rings. The lowest BCUT2D eigenvalue weighted by Gasteiger charge is -2.12. The van der Waals surface area contributed by atoms with Crippen molar-refractivity contribution in [1.29, 1.82) is 0 Å².